The molecule has 0 saturated heterocycles. The third kappa shape index (κ3) is 5.54. The molecule has 1 unspecified atom stereocenters. The minimum Gasteiger partial charge on any atom is -0.481 e. The monoisotopic (exact) mass is 426 g/mol. The van der Waals surface area contributed by atoms with Crippen molar-refractivity contribution in [3.8, 4) is 22.3 Å². The van der Waals surface area contributed by atoms with Crippen molar-refractivity contribution in [2.45, 2.75) is 39.3 Å². The third-order valence-corrected chi connectivity index (χ3v) is 5.29. The number of rotatable bonds is 6. The summed E-state index contributed by atoms with van der Waals surface area (Å²) in [6, 6.07) is 18.4. The summed E-state index contributed by atoms with van der Waals surface area (Å²) in [6.45, 7) is 5.92. The molecule has 31 heavy (non-hydrogen) atoms. The molecular formula is C26H25F3O2. The molecule has 3 rings (SSSR count). The van der Waals surface area contributed by atoms with E-state index in [4.69, 9.17) is 0 Å². The number of carbonyl (C=O) groups is 1. The van der Waals surface area contributed by atoms with Gasteiger partial charge in [-0.05, 0) is 65.3 Å². The zero-order valence-electron chi connectivity index (χ0n) is 17.7. The van der Waals surface area contributed by atoms with Crippen LogP contribution in [0.15, 0.2) is 66.7 Å². The van der Waals surface area contributed by atoms with Crippen molar-refractivity contribution < 1.29 is 23.1 Å². The van der Waals surface area contributed by atoms with Crippen LogP contribution in [0.5, 0.6) is 0 Å². The highest BCUT2D eigenvalue weighted by Crippen LogP contribution is 2.35. The van der Waals surface area contributed by atoms with Gasteiger partial charge in [-0.15, -0.1) is 0 Å². The van der Waals surface area contributed by atoms with Gasteiger partial charge in [-0.3, -0.25) is 4.79 Å². The molecule has 1 atom stereocenters. The van der Waals surface area contributed by atoms with E-state index in [0.717, 1.165) is 28.8 Å². The molecule has 0 fully saturated rings. The van der Waals surface area contributed by atoms with Crippen LogP contribution in [0, 0.1) is 12.8 Å². The second-order valence-electron chi connectivity index (χ2n) is 8.31. The number of carboxylic acid groups (broad SMARTS) is 1. The van der Waals surface area contributed by atoms with Crippen molar-refractivity contribution >= 4 is 5.97 Å². The molecule has 0 heterocycles. The fourth-order valence-corrected chi connectivity index (χ4v) is 3.63. The van der Waals surface area contributed by atoms with E-state index in [2.05, 4.69) is 0 Å². The Morgan fingerprint density at radius 3 is 1.74 bits per heavy atom. The quantitative estimate of drug-likeness (QED) is 0.441. The first-order chi connectivity index (χ1) is 14.5. The first kappa shape index (κ1) is 22.6. The molecule has 0 spiro atoms. The summed E-state index contributed by atoms with van der Waals surface area (Å²) in [5.74, 6) is -1.43. The largest absolute Gasteiger partial charge is 0.481 e. The van der Waals surface area contributed by atoms with E-state index in [0.29, 0.717) is 23.1 Å². The second kappa shape index (κ2) is 8.96. The van der Waals surface area contributed by atoms with Crippen LogP contribution in [0.4, 0.5) is 13.2 Å². The highest BCUT2D eigenvalue weighted by molar-refractivity contribution is 5.80. The maximum Gasteiger partial charge on any atom is 0.416 e. The first-order valence-corrected chi connectivity index (χ1v) is 10.2. The lowest BCUT2D eigenvalue weighted by Crippen LogP contribution is -2.14. The Morgan fingerprint density at radius 1 is 0.839 bits per heavy atom. The molecule has 162 valence electrons. The number of alkyl halides is 3. The molecule has 0 radical (unpaired) electrons. The van der Waals surface area contributed by atoms with Gasteiger partial charge in [0, 0.05) is 0 Å². The highest BCUT2D eigenvalue weighted by Gasteiger charge is 2.30. The molecule has 3 aromatic rings. The Labute approximate surface area is 180 Å². The smallest absolute Gasteiger partial charge is 0.416 e. The van der Waals surface area contributed by atoms with Gasteiger partial charge in [0.2, 0.25) is 0 Å². The van der Waals surface area contributed by atoms with Crippen LogP contribution in [0.25, 0.3) is 22.3 Å². The van der Waals surface area contributed by atoms with E-state index >= 15 is 0 Å². The normalized spacial score (nSPS) is 12.7. The predicted molar refractivity (Wildman–Crippen MR) is 117 cm³/mol. The van der Waals surface area contributed by atoms with E-state index in [1.807, 2.05) is 57.2 Å². The van der Waals surface area contributed by atoms with Crippen LogP contribution in [-0.4, -0.2) is 11.1 Å². The fraction of sp³-hybridized carbons (Fsp3) is 0.269. The number of halogens is 3. The highest BCUT2D eigenvalue weighted by atomic mass is 19.4. The zero-order valence-corrected chi connectivity index (χ0v) is 17.7. The molecule has 5 heteroatoms. The molecule has 0 saturated carbocycles. The summed E-state index contributed by atoms with van der Waals surface area (Å²) in [4.78, 5) is 12.0. The second-order valence-corrected chi connectivity index (χ2v) is 8.31. The molecule has 3 aromatic carbocycles. The Hall–Kier alpha value is -3.08. The number of aryl methyl sites for hydroxylation is 1. The van der Waals surface area contributed by atoms with Gasteiger partial charge in [-0.1, -0.05) is 67.9 Å². The fourth-order valence-electron chi connectivity index (χ4n) is 3.63. The van der Waals surface area contributed by atoms with E-state index in [-0.39, 0.29) is 5.92 Å². The van der Waals surface area contributed by atoms with Gasteiger partial charge in [-0.2, -0.15) is 13.2 Å². The van der Waals surface area contributed by atoms with Crippen molar-refractivity contribution in [3.05, 3.63) is 83.4 Å². The van der Waals surface area contributed by atoms with Gasteiger partial charge in [-0.25, -0.2) is 0 Å². The Bertz CT molecular complexity index is 1050. The van der Waals surface area contributed by atoms with Crippen LogP contribution >= 0.6 is 0 Å². The number of benzene rings is 3. The Morgan fingerprint density at radius 2 is 1.32 bits per heavy atom. The molecule has 0 aliphatic carbocycles. The molecule has 0 aliphatic heterocycles. The molecule has 2 nitrogen and oxygen atoms in total. The summed E-state index contributed by atoms with van der Waals surface area (Å²) >= 11 is 0. The Balaban J connectivity index is 2.14. The van der Waals surface area contributed by atoms with Gasteiger partial charge >= 0.3 is 12.1 Å². The molecule has 0 aliphatic rings. The van der Waals surface area contributed by atoms with Crippen LogP contribution in [0.3, 0.4) is 0 Å². The molecule has 0 aromatic heterocycles. The minimum absolute atomic E-state index is 0.179. The number of carboxylic acids is 1. The lowest BCUT2D eigenvalue weighted by atomic mass is 9.86. The van der Waals surface area contributed by atoms with Crippen molar-refractivity contribution in [1.29, 1.82) is 0 Å². The third-order valence-electron chi connectivity index (χ3n) is 5.29. The molecule has 0 bridgehead atoms. The lowest BCUT2D eigenvalue weighted by Gasteiger charge is -2.18. The molecule has 1 N–H and O–H groups in total. The standard InChI is InChI=1S/C26H25F3O2/c1-16(2)12-24(25(30)31)22-14-20(18-6-4-17(3)5-7-18)13-21(15-22)19-8-10-23(11-9-19)26(27,28)29/h4-11,13-16,24H,12H2,1-3H3,(H,30,31). The van der Waals surface area contributed by atoms with Crippen molar-refractivity contribution in [2.75, 3.05) is 0 Å². The Kier molecular flexibility index (Phi) is 6.54. The van der Waals surface area contributed by atoms with Crippen LogP contribution in [0.1, 0.15) is 42.9 Å². The van der Waals surface area contributed by atoms with Gasteiger partial charge in [0.25, 0.3) is 0 Å². The lowest BCUT2D eigenvalue weighted by molar-refractivity contribution is -0.139. The van der Waals surface area contributed by atoms with E-state index in [1.165, 1.54) is 12.1 Å². The summed E-state index contributed by atoms with van der Waals surface area (Å²) < 4.78 is 38.9. The zero-order chi connectivity index (χ0) is 22.8. The number of aliphatic carboxylic acids is 1. The predicted octanol–water partition coefficient (Wildman–Crippen LogP) is 7.56. The number of hydrogen-bond donors (Lipinski definition) is 1. The van der Waals surface area contributed by atoms with Crippen molar-refractivity contribution in [2.24, 2.45) is 5.92 Å². The van der Waals surface area contributed by atoms with Gasteiger partial charge < -0.3 is 5.11 Å². The SMILES string of the molecule is Cc1ccc(-c2cc(-c3ccc(C(F)(F)F)cc3)cc(C(CC(C)C)C(=O)O)c2)cc1. The van der Waals surface area contributed by atoms with E-state index in [9.17, 15) is 23.1 Å². The maximum absolute atomic E-state index is 13.0. The van der Waals surface area contributed by atoms with Crippen LogP contribution < -0.4 is 0 Å². The maximum atomic E-state index is 13.0. The topological polar surface area (TPSA) is 37.3 Å². The molecule has 0 amide bonds. The van der Waals surface area contributed by atoms with Gasteiger partial charge in [0.05, 0.1) is 11.5 Å². The minimum atomic E-state index is -4.40. The van der Waals surface area contributed by atoms with Gasteiger partial charge in [0.15, 0.2) is 0 Å². The molecular weight excluding hydrogens is 401 g/mol. The average Bonchev–Trinajstić information content (AvgIpc) is 2.71. The van der Waals surface area contributed by atoms with Gasteiger partial charge in [0.1, 0.15) is 0 Å². The summed E-state index contributed by atoms with van der Waals surface area (Å²) in [5.41, 5.74) is 4.10. The summed E-state index contributed by atoms with van der Waals surface area (Å²) in [5, 5.41) is 9.84. The van der Waals surface area contributed by atoms with Crippen molar-refractivity contribution in [3.63, 3.8) is 0 Å². The summed E-state index contributed by atoms with van der Waals surface area (Å²) in [7, 11) is 0. The van der Waals surface area contributed by atoms with Crippen molar-refractivity contribution in [1.82, 2.24) is 0 Å². The van der Waals surface area contributed by atoms with Crippen LogP contribution in [0.2, 0.25) is 0 Å². The van der Waals surface area contributed by atoms with Crippen LogP contribution in [-0.2, 0) is 11.0 Å². The summed E-state index contributed by atoms with van der Waals surface area (Å²) in [6.07, 6.45) is -3.93. The average molecular weight is 426 g/mol. The van der Waals surface area contributed by atoms with E-state index in [1.54, 1.807) is 6.07 Å². The first-order valence-electron chi connectivity index (χ1n) is 10.2. The van der Waals surface area contributed by atoms with E-state index < -0.39 is 23.6 Å². The number of hydrogen-bond acceptors (Lipinski definition) is 1.